The van der Waals surface area contributed by atoms with Crippen LogP contribution in [0.3, 0.4) is 0 Å². The van der Waals surface area contributed by atoms with Crippen molar-refractivity contribution < 1.29 is 16.8 Å². The number of rotatable bonds is 11. The molecule has 3 N–H and O–H groups in total. The first-order chi connectivity index (χ1) is 30.6. The largest absolute Gasteiger partial charge is 0.367 e. The van der Waals surface area contributed by atoms with E-state index in [2.05, 4.69) is 49.0 Å². The van der Waals surface area contributed by atoms with E-state index in [1.165, 1.54) is 44.1 Å². The van der Waals surface area contributed by atoms with Gasteiger partial charge in [-0.25, -0.2) is 31.8 Å². The molecule has 2 saturated carbocycles. The summed E-state index contributed by atoms with van der Waals surface area (Å²) in [6.07, 6.45) is 11.2. The van der Waals surface area contributed by atoms with Gasteiger partial charge in [0.25, 0.3) is 0 Å². The minimum Gasteiger partial charge on any atom is -0.367 e. The van der Waals surface area contributed by atoms with Crippen LogP contribution >= 0.6 is 11.6 Å². The van der Waals surface area contributed by atoms with Crippen LogP contribution in [-0.4, -0.2) is 84.0 Å². The molecule has 0 radical (unpaired) electrons. The maximum absolute atomic E-state index is 12.3. The van der Waals surface area contributed by atoms with E-state index in [9.17, 15) is 16.8 Å². The number of benzene rings is 4. The van der Waals surface area contributed by atoms with Crippen molar-refractivity contribution in [2.24, 2.45) is 0 Å². The molecule has 12 nitrogen and oxygen atoms in total. The van der Waals surface area contributed by atoms with Gasteiger partial charge in [0.15, 0.2) is 19.7 Å². The first-order valence-corrected chi connectivity index (χ1v) is 26.3. The molecular formula is C48H57ClN8O4S2. The van der Waals surface area contributed by atoms with Crippen molar-refractivity contribution in [3.63, 3.8) is 0 Å². The number of nitrogens with one attached hydrogen (secondary N) is 3. The summed E-state index contributed by atoms with van der Waals surface area (Å²) in [6.45, 7) is 1.34. The zero-order valence-electron chi connectivity index (χ0n) is 35.6. The summed E-state index contributed by atoms with van der Waals surface area (Å²) in [4.78, 5) is 20.5. The Morgan fingerprint density at radius 3 is 1.60 bits per heavy atom. The Morgan fingerprint density at radius 2 is 1.05 bits per heavy atom. The van der Waals surface area contributed by atoms with E-state index >= 15 is 0 Å². The standard InChI is InChI=1S/C24H28N4O2S.C13H14ClN3.C11H15NO2S/c29-31(30)15-14-20(17-31)28(16-18-8-2-1-3-9-18)24-26-22-13-7-6-12-21(22)23(27-24)25-19-10-4-5-11-19;14-13-16-11-8-4-3-7-10(11)12(17-13)15-9-5-1-2-6-9;13-15(14)7-6-11(9-15)12-8-10-4-2-1-3-5-10/h1-3,6-9,12-13,19-20H,4-5,10-11,14-17H2,(H,25,26,27);3-4,7-9H,1-2,5-6H2,(H,15,16,17);1-5,11-12H,6-9H2. The molecule has 4 aromatic carbocycles. The van der Waals surface area contributed by atoms with Gasteiger partial charge in [-0.05, 0) is 85.5 Å². The van der Waals surface area contributed by atoms with Gasteiger partial charge in [0.1, 0.15) is 11.6 Å². The molecule has 2 aliphatic heterocycles. The number of para-hydroxylation sites is 2. The zero-order chi connectivity index (χ0) is 43.7. The van der Waals surface area contributed by atoms with Gasteiger partial charge in [-0.2, -0.15) is 4.98 Å². The molecule has 2 aliphatic carbocycles. The van der Waals surface area contributed by atoms with Crippen LogP contribution in [0.1, 0.15) is 75.3 Å². The molecule has 63 heavy (non-hydrogen) atoms. The summed E-state index contributed by atoms with van der Waals surface area (Å²) in [5.74, 6) is 3.33. The third-order valence-corrected chi connectivity index (χ3v) is 16.0. The van der Waals surface area contributed by atoms with Gasteiger partial charge < -0.3 is 20.9 Å². The average molecular weight is 910 g/mol. The first-order valence-electron chi connectivity index (χ1n) is 22.3. The fourth-order valence-electron chi connectivity index (χ4n) is 8.97. The number of sulfone groups is 2. The van der Waals surface area contributed by atoms with E-state index in [-0.39, 0.29) is 23.6 Å². The minimum absolute atomic E-state index is 0.120. The summed E-state index contributed by atoms with van der Waals surface area (Å²) >= 11 is 5.95. The average Bonchev–Trinajstić information content (AvgIpc) is 4.13. The van der Waals surface area contributed by atoms with Crippen LogP contribution in [0, 0.1) is 0 Å². The zero-order valence-corrected chi connectivity index (χ0v) is 38.0. The van der Waals surface area contributed by atoms with Gasteiger partial charge in [-0.3, -0.25) is 0 Å². The van der Waals surface area contributed by atoms with E-state index in [0.717, 1.165) is 64.8 Å². The van der Waals surface area contributed by atoms with Crippen molar-refractivity contribution in [1.82, 2.24) is 25.3 Å². The molecule has 0 bridgehead atoms. The Hall–Kier alpha value is -4.89. The maximum Gasteiger partial charge on any atom is 0.228 e. The van der Waals surface area contributed by atoms with Crippen molar-refractivity contribution in [3.8, 4) is 0 Å². The van der Waals surface area contributed by atoms with Crippen LogP contribution in [0.25, 0.3) is 21.8 Å². The molecule has 15 heteroatoms. The van der Waals surface area contributed by atoms with E-state index in [0.29, 0.717) is 47.8 Å². The first kappa shape index (κ1) is 44.7. The van der Waals surface area contributed by atoms with Gasteiger partial charge in [0.2, 0.25) is 11.2 Å². The van der Waals surface area contributed by atoms with E-state index in [4.69, 9.17) is 21.6 Å². The van der Waals surface area contributed by atoms with E-state index in [1.807, 2.05) is 91.0 Å². The number of fused-ring (bicyclic) bond motifs is 2. The van der Waals surface area contributed by atoms with Gasteiger partial charge >= 0.3 is 0 Å². The Labute approximate surface area is 376 Å². The normalized spacial score (nSPS) is 20.5. The fraction of sp³-hybridized carbons (Fsp3) is 0.417. The number of hydrogen-bond acceptors (Lipinski definition) is 12. The highest BCUT2D eigenvalue weighted by atomic mass is 35.5. The van der Waals surface area contributed by atoms with Gasteiger partial charge in [-0.15, -0.1) is 0 Å². The molecule has 2 unspecified atom stereocenters. The molecule has 4 fully saturated rings. The van der Waals surface area contributed by atoms with E-state index < -0.39 is 19.7 Å². The molecule has 0 spiro atoms. The predicted molar refractivity (Wildman–Crippen MR) is 256 cm³/mol. The quantitative estimate of drug-likeness (QED) is 0.106. The van der Waals surface area contributed by atoms with Gasteiger partial charge in [0, 0.05) is 48.0 Å². The highest BCUT2D eigenvalue weighted by Crippen LogP contribution is 2.31. The summed E-state index contributed by atoms with van der Waals surface area (Å²) in [7, 11) is -5.79. The maximum atomic E-state index is 12.3. The van der Waals surface area contributed by atoms with Crippen LogP contribution in [0.15, 0.2) is 109 Å². The monoisotopic (exact) mass is 908 g/mol. The van der Waals surface area contributed by atoms with Gasteiger partial charge in [-0.1, -0.05) is 111 Å². The highest BCUT2D eigenvalue weighted by Gasteiger charge is 2.34. The molecule has 2 saturated heterocycles. The summed E-state index contributed by atoms with van der Waals surface area (Å²) < 4.78 is 46.9. The molecule has 332 valence electrons. The molecule has 2 atom stereocenters. The smallest absolute Gasteiger partial charge is 0.228 e. The Bertz CT molecular complexity index is 2670. The predicted octanol–water partition coefficient (Wildman–Crippen LogP) is 8.78. The topological polar surface area (TPSA) is 159 Å². The highest BCUT2D eigenvalue weighted by molar-refractivity contribution is 7.91. The van der Waals surface area contributed by atoms with Crippen molar-refractivity contribution >= 4 is 70.7 Å². The van der Waals surface area contributed by atoms with Crippen molar-refractivity contribution in [2.45, 2.75) is 101 Å². The second-order valence-electron chi connectivity index (χ2n) is 17.1. The Kier molecular flexibility index (Phi) is 14.7. The van der Waals surface area contributed by atoms with Crippen LogP contribution in [0.5, 0.6) is 0 Å². The lowest BCUT2D eigenvalue weighted by atomic mass is 10.1. The number of nitrogens with zero attached hydrogens (tertiary/aromatic N) is 5. The second-order valence-corrected chi connectivity index (χ2v) is 21.9. The molecule has 6 aromatic rings. The molecule has 2 aromatic heterocycles. The summed E-state index contributed by atoms with van der Waals surface area (Å²) in [5.41, 5.74) is 4.09. The lowest BCUT2D eigenvalue weighted by Gasteiger charge is -2.29. The number of aromatic nitrogens is 4. The van der Waals surface area contributed by atoms with Crippen molar-refractivity contribution in [3.05, 3.63) is 126 Å². The minimum atomic E-state index is -3.02. The molecular weight excluding hydrogens is 852 g/mol. The Balaban J connectivity index is 0.000000143. The lowest BCUT2D eigenvalue weighted by molar-refractivity contribution is 0.554. The van der Waals surface area contributed by atoms with E-state index in [1.54, 1.807) is 0 Å². The molecule has 4 heterocycles. The van der Waals surface area contributed by atoms with Crippen molar-refractivity contribution in [1.29, 1.82) is 0 Å². The van der Waals surface area contributed by atoms with Crippen LogP contribution < -0.4 is 20.9 Å². The third kappa shape index (κ3) is 12.4. The Morgan fingerprint density at radius 1 is 0.540 bits per heavy atom. The molecule has 4 aliphatic rings. The number of hydrogen-bond donors (Lipinski definition) is 3. The number of halogens is 1. The fourth-order valence-corrected chi connectivity index (χ4v) is 12.6. The third-order valence-electron chi connectivity index (χ3n) is 12.3. The molecule has 0 amide bonds. The molecule has 10 rings (SSSR count). The number of anilines is 3. The second kappa shape index (κ2) is 20.7. The lowest BCUT2D eigenvalue weighted by Crippen LogP contribution is -2.37. The van der Waals surface area contributed by atoms with Crippen LogP contribution in [-0.2, 0) is 32.8 Å². The summed E-state index contributed by atoms with van der Waals surface area (Å²) in [6, 6.07) is 37.2. The van der Waals surface area contributed by atoms with Crippen molar-refractivity contribution in [2.75, 3.05) is 38.5 Å². The SMILES string of the molecule is Clc1nc(NC2CCCC2)c2ccccc2n1.O=S1(=O)CCC(N(Cc2ccccc2)c2nc(NC3CCCC3)c3ccccc3n2)C1.O=S1(=O)CCC(NCc2ccccc2)C1. The van der Waals surface area contributed by atoms with Crippen LogP contribution in [0.4, 0.5) is 17.6 Å². The summed E-state index contributed by atoms with van der Waals surface area (Å²) in [5, 5.41) is 12.8. The van der Waals surface area contributed by atoms with Crippen LogP contribution in [0.2, 0.25) is 5.28 Å². The van der Waals surface area contributed by atoms with Gasteiger partial charge in [0.05, 0.1) is 34.0 Å².